The number of thiophene rings is 1. The summed E-state index contributed by atoms with van der Waals surface area (Å²) in [4.78, 5) is 14.6. The number of methoxy groups -OCH3 is 1. The van der Waals surface area contributed by atoms with Crippen LogP contribution < -0.4 is 5.32 Å². The molecule has 1 aromatic heterocycles. The highest BCUT2D eigenvalue weighted by Crippen LogP contribution is 2.21. The van der Waals surface area contributed by atoms with Crippen molar-refractivity contribution in [1.29, 1.82) is 0 Å². The average Bonchev–Trinajstić information content (AvgIpc) is 2.82. The van der Waals surface area contributed by atoms with Gasteiger partial charge in [-0.3, -0.25) is 4.79 Å². The van der Waals surface area contributed by atoms with Gasteiger partial charge in [0.1, 0.15) is 0 Å². The molecule has 1 aromatic carbocycles. The van der Waals surface area contributed by atoms with E-state index in [1.807, 2.05) is 30.3 Å². The Morgan fingerprint density at radius 2 is 2.00 bits per heavy atom. The van der Waals surface area contributed by atoms with Crippen LogP contribution in [0.5, 0.6) is 0 Å². The molecule has 0 amide bonds. The summed E-state index contributed by atoms with van der Waals surface area (Å²) in [6, 6.07) is 11.9. The van der Waals surface area contributed by atoms with Gasteiger partial charge < -0.3 is 10.1 Å². The van der Waals surface area contributed by atoms with Crippen molar-refractivity contribution in [2.75, 3.05) is 13.7 Å². The number of benzene rings is 1. The van der Waals surface area contributed by atoms with E-state index in [0.717, 1.165) is 12.1 Å². The van der Waals surface area contributed by atoms with E-state index in [4.69, 9.17) is 4.74 Å². The summed E-state index contributed by atoms with van der Waals surface area (Å²) < 4.78 is 4.92. The number of rotatable bonds is 6. The van der Waals surface area contributed by atoms with E-state index in [-0.39, 0.29) is 11.9 Å². The number of aryl methyl sites for hydroxylation is 2. The predicted octanol–water partition coefficient (Wildman–Crippen LogP) is 3.41. The number of ether oxygens (including phenoxy) is 1. The second-order valence-corrected chi connectivity index (χ2v) is 6.41. The molecule has 112 valence electrons. The lowest BCUT2D eigenvalue weighted by Gasteiger charge is -2.15. The summed E-state index contributed by atoms with van der Waals surface area (Å²) >= 11 is 1.80. The molecule has 1 atom stereocenters. The molecule has 1 heterocycles. The molecule has 0 bridgehead atoms. The quantitative estimate of drug-likeness (QED) is 0.831. The van der Waals surface area contributed by atoms with Gasteiger partial charge in [0.15, 0.2) is 0 Å². The highest BCUT2D eigenvalue weighted by Gasteiger charge is 2.20. The number of hydrogen-bond acceptors (Lipinski definition) is 4. The van der Waals surface area contributed by atoms with Crippen molar-refractivity contribution in [2.45, 2.75) is 26.3 Å². The molecule has 3 nitrogen and oxygen atoms in total. The molecule has 1 N–H and O–H groups in total. The molecule has 0 fully saturated rings. The predicted molar refractivity (Wildman–Crippen MR) is 86.7 cm³/mol. The average molecular weight is 303 g/mol. The van der Waals surface area contributed by atoms with Crippen LogP contribution in [0.15, 0.2) is 36.4 Å². The maximum absolute atomic E-state index is 12.0. The number of carbonyl (C=O) groups excluding carboxylic acids is 1. The van der Waals surface area contributed by atoms with Crippen LogP contribution in [-0.4, -0.2) is 19.6 Å². The Morgan fingerprint density at radius 1 is 1.29 bits per heavy atom. The minimum atomic E-state index is -0.265. The number of nitrogens with one attached hydrogen (secondary N) is 1. The van der Waals surface area contributed by atoms with Gasteiger partial charge in [0, 0.05) is 22.8 Å². The van der Waals surface area contributed by atoms with E-state index in [0.29, 0.717) is 6.54 Å². The monoisotopic (exact) mass is 303 g/mol. The Kier molecular flexibility index (Phi) is 5.53. The van der Waals surface area contributed by atoms with Crippen molar-refractivity contribution in [3.8, 4) is 0 Å². The molecule has 0 spiro atoms. The van der Waals surface area contributed by atoms with Gasteiger partial charge in [0.25, 0.3) is 0 Å². The van der Waals surface area contributed by atoms with Gasteiger partial charge in [-0.15, -0.1) is 11.3 Å². The van der Waals surface area contributed by atoms with Crippen molar-refractivity contribution < 1.29 is 9.53 Å². The molecule has 0 aliphatic heterocycles. The molecule has 1 unspecified atom stereocenters. The molecule has 21 heavy (non-hydrogen) atoms. The first-order chi connectivity index (χ1) is 10.1. The Hall–Kier alpha value is -1.65. The smallest absolute Gasteiger partial charge is 0.314 e. The Bertz CT molecular complexity index is 573. The van der Waals surface area contributed by atoms with Crippen molar-refractivity contribution >= 4 is 17.3 Å². The maximum Gasteiger partial charge on any atom is 0.314 e. The fourth-order valence-electron chi connectivity index (χ4n) is 2.24. The molecule has 2 aromatic rings. The first kappa shape index (κ1) is 15.7. The summed E-state index contributed by atoms with van der Waals surface area (Å²) in [5.41, 5.74) is 2.31. The normalized spacial score (nSPS) is 12.1. The van der Waals surface area contributed by atoms with Gasteiger partial charge in [-0.05, 0) is 31.0 Å². The van der Waals surface area contributed by atoms with Gasteiger partial charge in [0.05, 0.1) is 13.0 Å². The fraction of sp³-hybridized carbons (Fsp3) is 0.353. The number of carbonyl (C=O) groups is 1. The lowest BCUT2D eigenvalue weighted by atomic mass is 9.99. The molecule has 0 aliphatic carbocycles. The van der Waals surface area contributed by atoms with Crippen LogP contribution in [0.3, 0.4) is 0 Å². The molecule has 0 saturated heterocycles. The zero-order valence-corrected chi connectivity index (χ0v) is 13.5. The summed E-state index contributed by atoms with van der Waals surface area (Å²) in [5.74, 6) is -0.467. The second kappa shape index (κ2) is 7.38. The van der Waals surface area contributed by atoms with Crippen molar-refractivity contribution in [3.63, 3.8) is 0 Å². The molecular formula is C17H21NO2S. The first-order valence-electron chi connectivity index (χ1n) is 7.01. The molecule has 0 aliphatic rings. The highest BCUT2D eigenvalue weighted by molar-refractivity contribution is 7.12. The third-order valence-electron chi connectivity index (χ3n) is 3.55. The van der Waals surface area contributed by atoms with Crippen LogP contribution in [0.4, 0.5) is 0 Å². The van der Waals surface area contributed by atoms with E-state index in [9.17, 15) is 4.79 Å². The topological polar surface area (TPSA) is 38.3 Å². The van der Waals surface area contributed by atoms with Gasteiger partial charge in [-0.2, -0.15) is 0 Å². The zero-order chi connectivity index (χ0) is 15.2. The molecule has 0 saturated carbocycles. The van der Waals surface area contributed by atoms with Gasteiger partial charge in [-0.25, -0.2) is 0 Å². The maximum atomic E-state index is 12.0. The molecule has 0 radical (unpaired) electrons. The van der Waals surface area contributed by atoms with E-state index in [2.05, 4.69) is 25.2 Å². The Labute approximate surface area is 130 Å². The van der Waals surface area contributed by atoms with Crippen molar-refractivity contribution in [3.05, 3.63) is 57.3 Å². The SMILES string of the molecule is COC(=O)C(CNCc1cc(C)c(C)s1)c1ccccc1. The van der Waals surface area contributed by atoms with Crippen molar-refractivity contribution in [2.24, 2.45) is 0 Å². The zero-order valence-electron chi connectivity index (χ0n) is 12.7. The lowest BCUT2D eigenvalue weighted by molar-refractivity contribution is -0.142. The van der Waals surface area contributed by atoms with E-state index < -0.39 is 0 Å². The van der Waals surface area contributed by atoms with Crippen LogP contribution >= 0.6 is 11.3 Å². The fourth-order valence-corrected chi connectivity index (χ4v) is 3.26. The van der Waals surface area contributed by atoms with Crippen LogP contribution in [0.25, 0.3) is 0 Å². The van der Waals surface area contributed by atoms with E-state index in [1.54, 1.807) is 11.3 Å². The summed E-state index contributed by atoms with van der Waals surface area (Å²) in [5, 5.41) is 3.37. The van der Waals surface area contributed by atoms with Gasteiger partial charge in [0.2, 0.25) is 0 Å². The van der Waals surface area contributed by atoms with Crippen LogP contribution in [0.2, 0.25) is 0 Å². The summed E-state index contributed by atoms with van der Waals surface area (Å²) in [6.45, 7) is 5.60. The van der Waals surface area contributed by atoms with Gasteiger partial charge >= 0.3 is 5.97 Å². The number of hydrogen-bond donors (Lipinski definition) is 1. The third-order valence-corrected chi connectivity index (χ3v) is 4.70. The minimum absolute atomic E-state index is 0.202. The lowest BCUT2D eigenvalue weighted by Crippen LogP contribution is -2.27. The standard InChI is InChI=1S/C17H21NO2S/c1-12-9-15(21-13(12)2)10-18-11-16(17(19)20-3)14-7-5-4-6-8-14/h4-9,16,18H,10-11H2,1-3H3. The minimum Gasteiger partial charge on any atom is -0.469 e. The molecular weight excluding hydrogens is 282 g/mol. The van der Waals surface area contributed by atoms with Crippen LogP contribution in [0, 0.1) is 13.8 Å². The van der Waals surface area contributed by atoms with Crippen LogP contribution in [0.1, 0.15) is 26.8 Å². The van der Waals surface area contributed by atoms with Crippen molar-refractivity contribution in [1.82, 2.24) is 5.32 Å². The summed E-state index contributed by atoms with van der Waals surface area (Å²) in [6.07, 6.45) is 0. The second-order valence-electron chi connectivity index (χ2n) is 5.07. The Morgan fingerprint density at radius 3 is 2.57 bits per heavy atom. The molecule has 4 heteroatoms. The summed E-state index contributed by atoms with van der Waals surface area (Å²) in [7, 11) is 1.43. The van der Waals surface area contributed by atoms with Crippen LogP contribution in [-0.2, 0) is 16.1 Å². The Balaban J connectivity index is 1.98. The van der Waals surface area contributed by atoms with E-state index in [1.165, 1.54) is 22.4 Å². The van der Waals surface area contributed by atoms with E-state index >= 15 is 0 Å². The number of esters is 1. The van der Waals surface area contributed by atoms with Gasteiger partial charge in [-0.1, -0.05) is 30.3 Å². The highest BCUT2D eigenvalue weighted by atomic mass is 32.1. The third kappa shape index (κ3) is 4.16. The molecule has 2 rings (SSSR count). The first-order valence-corrected chi connectivity index (χ1v) is 7.83. The largest absolute Gasteiger partial charge is 0.469 e.